The van der Waals surface area contributed by atoms with Gasteiger partial charge >= 0.3 is 0 Å². The number of nitrogens with zero attached hydrogens (tertiary/aromatic N) is 1. The molecule has 0 radical (unpaired) electrons. The van der Waals surface area contributed by atoms with E-state index in [0.717, 1.165) is 18.7 Å². The lowest BCUT2D eigenvalue weighted by atomic mass is 10.0. The Labute approximate surface area is 96.2 Å². The Kier molecular flexibility index (Phi) is 3.91. The number of piperidine rings is 1. The molecular formula is C13H19FN2. The molecular weight excluding hydrogens is 203 g/mol. The SMILES string of the molecule is NC[C@H](c1cccc(F)c1)N1CCCCC1. The highest BCUT2D eigenvalue weighted by Gasteiger charge is 2.20. The van der Waals surface area contributed by atoms with Crippen molar-refractivity contribution in [2.75, 3.05) is 19.6 Å². The zero-order chi connectivity index (χ0) is 11.4. The Morgan fingerprint density at radius 2 is 2.00 bits per heavy atom. The molecule has 16 heavy (non-hydrogen) atoms. The van der Waals surface area contributed by atoms with Crippen molar-refractivity contribution in [1.82, 2.24) is 4.90 Å². The third kappa shape index (κ3) is 2.60. The second kappa shape index (κ2) is 5.41. The van der Waals surface area contributed by atoms with Gasteiger partial charge in [0.2, 0.25) is 0 Å². The monoisotopic (exact) mass is 222 g/mol. The molecule has 1 atom stereocenters. The van der Waals surface area contributed by atoms with E-state index in [0.29, 0.717) is 6.54 Å². The number of halogens is 1. The number of likely N-dealkylation sites (tertiary alicyclic amines) is 1. The van der Waals surface area contributed by atoms with Crippen LogP contribution in [0.2, 0.25) is 0 Å². The fourth-order valence-corrected chi connectivity index (χ4v) is 2.44. The Hall–Kier alpha value is -0.930. The molecule has 1 aliphatic heterocycles. The second-order valence-corrected chi connectivity index (χ2v) is 4.40. The first-order valence-corrected chi connectivity index (χ1v) is 6.01. The minimum absolute atomic E-state index is 0.173. The van der Waals surface area contributed by atoms with Crippen LogP contribution >= 0.6 is 0 Å². The van der Waals surface area contributed by atoms with E-state index in [-0.39, 0.29) is 11.9 Å². The van der Waals surface area contributed by atoms with Crippen LogP contribution in [0, 0.1) is 5.82 Å². The van der Waals surface area contributed by atoms with Crippen LogP contribution in [0.15, 0.2) is 24.3 Å². The predicted molar refractivity (Wildman–Crippen MR) is 63.6 cm³/mol. The summed E-state index contributed by atoms with van der Waals surface area (Å²) in [5, 5.41) is 0. The number of rotatable bonds is 3. The molecule has 0 saturated carbocycles. The van der Waals surface area contributed by atoms with E-state index < -0.39 is 0 Å². The molecule has 3 heteroatoms. The summed E-state index contributed by atoms with van der Waals surface area (Å²) in [7, 11) is 0. The molecule has 0 spiro atoms. The molecule has 2 N–H and O–H groups in total. The zero-order valence-electron chi connectivity index (χ0n) is 9.53. The Morgan fingerprint density at radius 3 is 2.62 bits per heavy atom. The molecule has 1 heterocycles. The summed E-state index contributed by atoms with van der Waals surface area (Å²) in [6, 6.07) is 6.99. The molecule has 0 unspecified atom stereocenters. The Morgan fingerprint density at radius 1 is 1.25 bits per heavy atom. The van der Waals surface area contributed by atoms with E-state index in [2.05, 4.69) is 4.90 Å². The molecule has 0 aromatic heterocycles. The van der Waals surface area contributed by atoms with Gasteiger partial charge in [0.05, 0.1) is 0 Å². The number of hydrogen-bond acceptors (Lipinski definition) is 2. The van der Waals surface area contributed by atoms with Gasteiger partial charge in [-0.1, -0.05) is 18.6 Å². The largest absolute Gasteiger partial charge is 0.329 e. The molecule has 2 rings (SSSR count). The molecule has 0 bridgehead atoms. The van der Waals surface area contributed by atoms with Crippen molar-refractivity contribution >= 4 is 0 Å². The van der Waals surface area contributed by atoms with Crippen molar-refractivity contribution in [3.05, 3.63) is 35.6 Å². The van der Waals surface area contributed by atoms with Crippen molar-refractivity contribution < 1.29 is 4.39 Å². The predicted octanol–water partition coefficient (Wildman–Crippen LogP) is 2.31. The normalized spacial score (nSPS) is 19.6. The fraction of sp³-hybridized carbons (Fsp3) is 0.538. The van der Waals surface area contributed by atoms with Crippen LogP contribution in [0.3, 0.4) is 0 Å². The number of nitrogens with two attached hydrogens (primary N) is 1. The van der Waals surface area contributed by atoms with Crippen molar-refractivity contribution in [3.8, 4) is 0 Å². The highest BCUT2D eigenvalue weighted by molar-refractivity contribution is 5.20. The molecule has 1 fully saturated rings. The van der Waals surface area contributed by atoms with Crippen molar-refractivity contribution in [3.63, 3.8) is 0 Å². The summed E-state index contributed by atoms with van der Waals surface area (Å²) in [6.45, 7) is 2.72. The summed E-state index contributed by atoms with van der Waals surface area (Å²) in [5.41, 5.74) is 6.83. The van der Waals surface area contributed by atoms with Crippen LogP contribution in [0.5, 0.6) is 0 Å². The minimum Gasteiger partial charge on any atom is -0.329 e. The van der Waals surface area contributed by atoms with E-state index in [1.165, 1.54) is 25.3 Å². The van der Waals surface area contributed by atoms with E-state index in [4.69, 9.17) is 5.73 Å². The summed E-state index contributed by atoms with van der Waals surface area (Å²) in [5.74, 6) is -0.173. The van der Waals surface area contributed by atoms with Crippen molar-refractivity contribution in [1.29, 1.82) is 0 Å². The molecule has 1 saturated heterocycles. The van der Waals surface area contributed by atoms with Gasteiger partial charge in [0.1, 0.15) is 5.82 Å². The zero-order valence-corrected chi connectivity index (χ0v) is 9.53. The first-order chi connectivity index (χ1) is 7.81. The van der Waals surface area contributed by atoms with Gasteiger partial charge < -0.3 is 5.73 Å². The van der Waals surface area contributed by atoms with E-state index in [1.807, 2.05) is 6.07 Å². The summed E-state index contributed by atoms with van der Waals surface area (Å²) in [4.78, 5) is 2.37. The first kappa shape index (κ1) is 11.6. The summed E-state index contributed by atoms with van der Waals surface area (Å²) >= 11 is 0. The van der Waals surface area contributed by atoms with Gasteiger partial charge in [0, 0.05) is 12.6 Å². The third-order valence-corrected chi connectivity index (χ3v) is 3.29. The van der Waals surface area contributed by atoms with Gasteiger partial charge in [0.25, 0.3) is 0 Å². The average Bonchev–Trinajstić information content (AvgIpc) is 2.31. The van der Waals surface area contributed by atoms with Gasteiger partial charge in [-0.3, -0.25) is 4.90 Å². The van der Waals surface area contributed by atoms with Gasteiger partial charge in [-0.25, -0.2) is 4.39 Å². The van der Waals surface area contributed by atoms with Gasteiger partial charge in [-0.05, 0) is 43.6 Å². The van der Waals surface area contributed by atoms with Gasteiger partial charge in [-0.2, -0.15) is 0 Å². The molecule has 2 nitrogen and oxygen atoms in total. The van der Waals surface area contributed by atoms with E-state index in [9.17, 15) is 4.39 Å². The van der Waals surface area contributed by atoms with Crippen LogP contribution in [0.4, 0.5) is 4.39 Å². The van der Waals surface area contributed by atoms with E-state index in [1.54, 1.807) is 12.1 Å². The Balaban J connectivity index is 2.14. The number of benzene rings is 1. The highest BCUT2D eigenvalue weighted by Crippen LogP contribution is 2.23. The van der Waals surface area contributed by atoms with Crippen LogP contribution in [0.25, 0.3) is 0 Å². The van der Waals surface area contributed by atoms with Crippen molar-refractivity contribution in [2.45, 2.75) is 25.3 Å². The lowest BCUT2D eigenvalue weighted by Gasteiger charge is -2.34. The Bertz CT molecular complexity index is 334. The molecule has 0 aliphatic carbocycles. The fourth-order valence-electron chi connectivity index (χ4n) is 2.44. The molecule has 88 valence electrons. The molecule has 1 aromatic carbocycles. The molecule has 0 amide bonds. The summed E-state index contributed by atoms with van der Waals surface area (Å²) in [6.07, 6.45) is 3.76. The lowest BCUT2D eigenvalue weighted by molar-refractivity contribution is 0.167. The van der Waals surface area contributed by atoms with Crippen LogP contribution in [0.1, 0.15) is 30.9 Å². The van der Waals surface area contributed by atoms with Crippen LogP contribution in [-0.4, -0.2) is 24.5 Å². The second-order valence-electron chi connectivity index (χ2n) is 4.40. The van der Waals surface area contributed by atoms with Crippen LogP contribution < -0.4 is 5.73 Å². The van der Waals surface area contributed by atoms with Crippen molar-refractivity contribution in [2.24, 2.45) is 5.73 Å². The molecule has 1 aromatic rings. The topological polar surface area (TPSA) is 29.3 Å². The smallest absolute Gasteiger partial charge is 0.123 e. The maximum atomic E-state index is 13.2. The van der Waals surface area contributed by atoms with Crippen LogP contribution in [-0.2, 0) is 0 Å². The summed E-state index contributed by atoms with van der Waals surface area (Å²) < 4.78 is 13.2. The molecule has 1 aliphatic rings. The number of hydrogen-bond donors (Lipinski definition) is 1. The highest BCUT2D eigenvalue weighted by atomic mass is 19.1. The maximum Gasteiger partial charge on any atom is 0.123 e. The first-order valence-electron chi connectivity index (χ1n) is 6.01. The standard InChI is InChI=1S/C13H19FN2/c14-12-6-4-5-11(9-12)13(10-15)16-7-2-1-3-8-16/h4-6,9,13H,1-3,7-8,10,15H2/t13-/m1/s1. The quantitative estimate of drug-likeness (QED) is 0.850. The minimum atomic E-state index is -0.173. The lowest BCUT2D eigenvalue weighted by Crippen LogP contribution is -2.37. The van der Waals surface area contributed by atoms with Gasteiger partial charge in [-0.15, -0.1) is 0 Å². The van der Waals surface area contributed by atoms with E-state index >= 15 is 0 Å². The maximum absolute atomic E-state index is 13.2. The average molecular weight is 222 g/mol. The third-order valence-electron chi connectivity index (χ3n) is 3.29. The van der Waals surface area contributed by atoms with Gasteiger partial charge in [0.15, 0.2) is 0 Å².